The number of imidazole rings is 1. The van der Waals surface area contributed by atoms with Gasteiger partial charge in [0.25, 0.3) is 11.5 Å². The van der Waals surface area contributed by atoms with Crippen LogP contribution in [0.4, 0.5) is 5.95 Å². The Morgan fingerprint density at radius 3 is 2.84 bits per heavy atom. The van der Waals surface area contributed by atoms with E-state index in [-0.39, 0.29) is 23.7 Å². The van der Waals surface area contributed by atoms with Crippen LogP contribution >= 0.6 is 0 Å². The number of aliphatic hydroxyl groups excluding tert-OH is 1. The number of aromatic amines is 1. The smallest absolute Gasteiger partial charge is 0.280 e. The molecule has 0 spiro atoms. The second-order valence-corrected chi connectivity index (χ2v) is 7.05. The number of hydrogen-bond donors (Lipinski definition) is 3. The van der Waals surface area contributed by atoms with Crippen LogP contribution in [-0.4, -0.2) is 62.6 Å². The van der Waals surface area contributed by atoms with Crippen LogP contribution in [0.1, 0.15) is 19.6 Å². The maximum atomic E-state index is 12.4. The van der Waals surface area contributed by atoms with E-state index in [9.17, 15) is 14.7 Å². The number of carbonyl (C=O) groups is 1. The maximum Gasteiger partial charge on any atom is 0.280 e. The van der Waals surface area contributed by atoms with Gasteiger partial charge >= 0.3 is 0 Å². The lowest BCUT2D eigenvalue weighted by molar-refractivity contribution is -0.118. The Morgan fingerprint density at radius 2 is 2.13 bits per heavy atom. The van der Waals surface area contributed by atoms with E-state index in [0.717, 1.165) is 0 Å². The van der Waals surface area contributed by atoms with Gasteiger partial charge in [0.15, 0.2) is 24.0 Å². The molecule has 164 valence electrons. The van der Waals surface area contributed by atoms with Gasteiger partial charge in [0.2, 0.25) is 5.95 Å². The van der Waals surface area contributed by atoms with E-state index >= 15 is 0 Å². The molecule has 1 aliphatic heterocycles. The predicted molar refractivity (Wildman–Crippen MR) is 110 cm³/mol. The first-order valence-electron chi connectivity index (χ1n) is 9.82. The molecule has 4 atom stereocenters. The summed E-state index contributed by atoms with van der Waals surface area (Å²) in [4.78, 5) is 35.6. The first-order chi connectivity index (χ1) is 15.0. The number of nitrogens with zero attached hydrogens (tertiary/aromatic N) is 3. The minimum atomic E-state index is -0.839. The molecule has 11 nitrogen and oxygen atoms in total. The summed E-state index contributed by atoms with van der Waals surface area (Å²) in [7, 11) is 1.47. The Balaban J connectivity index is 1.56. The van der Waals surface area contributed by atoms with Crippen molar-refractivity contribution in [1.82, 2.24) is 19.5 Å². The number of fused-ring (bicyclic) bond motifs is 1. The molecular formula is C20H23N5O6. The highest BCUT2D eigenvalue weighted by Crippen LogP contribution is 2.34. The van der Waals surface area contributed by atoms with Crippen molar-refractivity contribution in [2.45, 2.75) is 37.9 Å². The number of anilines is 1. The Labute approximate surface area is 177 Å². The Morgan fingerprint density at radius 1 is 1.35 bits per heavy atom. The molecule has 3 N–H and O–H groups in total. The lowest BCUT2D eigenvalue weighted by atomic mass is 10.1. The zero-order valence-corrected chi connectivity index (χ0v) is 17.0. The summed E-state index contributed by atoms with van der Waals surface area (Å²) in [5.74, 6) is -0.00751. The minimum Gasteiger partial charge on any atom is -0.484 e. The molecule has 4 rings (SSSR count). The number of aromatic nitrogens is 4. The first kappa shape index (κ1) is 21.0. The van der Waals surface area contributed by atoms with E-state index in [1.807, 2.05) is 13.0 Å². The molecule has 2 aromatic heterocycles. The van der Waals surface area contributed by atoms with Gasteiger partial charge in [-0.25, -0.2) is 4.98 Å². The number of H-pyrrole nitrogens is 1. The highest BCUT2D eigenvalue weighted by atomic mass is 16.6. The number of amides is 1. The molecule has 3 aromatic rings. The van der Waals surface area contributed by atoms with Gasteiger partial charge in [-0.2, -0.15) is 4.98 Å². The van der Waals surface area contributed by atoms with Crippen molar-refractivity contribution >= 4 is 23.0 Å². The Hall–Kier alpha value is -3.28. The molecule has 1 fully saturated rings. The van der Waals surface area contributed by atoms with Crippen molar-refractivity contribution in [3.8, 4) is 5.75 Å². The molecule has 0 radical (unpaired) electrons. The van der Waals surface area contributed by atoms with Crippen LogP contribution in [0, 0.1) is 0 Å². The lowest BCUT2D eigenvalue weighted by Gasteiger charge is -2.20. The quantitative estimate of drug-likeness (QED) is 0.501. The monoisotopic (exact) mass is 429 g/mol. The molecule has 0 aliphatic carbocycles. The van der Waals surface area contributed by atoms with Crippen LogP contribution in [0.25, 0.3) is 11.2 Å². The molecule has 1 aliphatic rings. The van der Waals surface area contributed by atoms with Crippen molar-refractivity contribution in [3.05, 3.63) is 47.0 Å². The summed E-state index contributed by atoms with van der Waals surface area (Å²) in [5, 5.41) is 12.9. The van der Waals surface area contributed by atoms with E-state index < -0.39 is 36.0 Å². The molecule has 1 aromatic carbocycles. The van der Waals surface area contributed by atoms with Crippen molar-refractivity contribution in [1.29, 1.82) is 0 Å². The fourth-order valence-electron chi connectivity index (χ4n) is 3.54. The zero-order chi connectivity index (χ0) is 22.0. The van der Waals surface area contributed by atoms with Crippen LogP contribution in [0.3, 0.4) is 0 Å². The highest BCUT2D eigenvalue weighted by Gasteiger charge is 2.44. The number of carbonyl (C=O) groups excluding carboxylic acids is 1. The summed E-state index contributed by atoms with van der Waals surface area (Å²) in [6, 6.07) is 8.87. The highest BCUT2D eigenvalue weighted by molar-refractivity contribution is 5.90. The van der Waals surface area contributed by atoms with Crippen LogP contribution in [0.2, 0.25) is 0 Å². The molecule has 0 saturated carbocycles. The average molecular weight is 429 g/mol. The standard InChI is InChI=1S/C20H23N5O6/c1-3-12-15(27)16(29-2)19(31-12)25-10-21-14-17(25)23-20(24-18(14)28)22-13(26)9-30-11-7-5-4-6-8-11/h4-8,10,12,15-16,19,27H,3,9H2,1-2H3,(H2,22,23,24,26,28)/t12-,15?,16+,19-/m1/s1. The van der Waals surface area contributed by atoms with Gasteiger partial charge in [-0.1, -0.05) is 25.1 Å². The molecule has 1 amide bonds. The van der Waals surface area contributed by atoms with Crippen molar-refractivity contribution in [2.75, 3.05) is 19.0 Å². The van der Waals surface area contributed by atoms with Crippen LogP contribution in [0.5, 0.6) is 5.75 Å². The minimum absolute atomic E-state index is 0.0551. The fraction of sp³-hybridized carbons (Fsp3) is 0.400. The van der Waals surface area contributed by atoms with Crippen LogP contribution < -0.4 is 15.6 Å². The van der Waals surface area contributed by atoms with E-state index in [1.165, 1.54) is 18.0 Å². The Kier molecular flexibility index (Phi) is 5.98. The molecule has 1 unspecified atom stereocenters. The third-order valence-corrected chi connectivity index (χ3v) is 5.06. The number of aliphatic hydroxyl groups is 1. The largest absolute Gasteiger partial charge is 0.484 e. The summed E-state index contributed by atoms with van der Waals surface area (Å²) >= 11 is 0. The third kappa shape index (κ3) is 4.15. The summed E-state index contributed by atoms with van der Waals surface area (Å²) in [6.07, 6.45) is -0.674. The van der Waals surface area contributed by atoms with Crippen LogP contribution in [0.15, 0.2) is 41.5 Å². The lowest BCUT2D eigenvalue weighted by Crippen LogP contribution is -2.33. The molecule has 11 heteroatoms. The first-order valence-corrected chi connectivity index (χ1v) is 9.82. The van der Waals surface area contributed by atoms with Crippen molar-refractivity contribution < 1.29 is 24.1 Å². The average Bonchev–Trinajstić information content (AvgIpc) is 3.33. The van der Waals surface area contributed by atoms with Gasteiger partial charge in [-0.3, -0.25) is 24.5 Å². The van der Waals surface area contributed by atoms with E-state index in [0.29, 0.717) is 12.2 Å². The van der Waals surface area contributed by atoms with Gasteiger partial charge in [0, 0.05) is 7.11 Å². The normalized spacial score (nSPS) is 23.2. The second kappa shape index (κ2) is 8.84. The molecule has 1 saturated heterocycles. The van der Waals surface area contributed by atoms with E-state index in [4.69, 9.17) is 14.2 Å². The summed E-state index contributed by atoms with van der Waals surface area (Å²) in [6.45, 7) is 1.63. The molecular weight excluding hydrogens is 406 g/mol. The van der Waals surface area contributed by atoms with Gasteiger partial charge in [-0.15, -0.1) is 0 Å². The molecule has 31 heavy (non-hydrogen) atoms. The topological polar surface area (TPSA) is 141 Å². The van der Waals surface area contributed by atoms with E-state index in [2.05, 4.69) is 20.3 Å². The molecule has 0 bridgehead atoms. The second-order valence-electron chi connectivity index (χ2n) is 7.05. The van der Waals surface area contributed by atoms with Gasteiger partial charge in [-0.05, 0) is 18.6 Å². The molecule has 3 heterocycles. The van der Waals surface area contributed by atoms with Crippen LogP contribution in [-0.2, 0) is 14.3 Å². The van der Waals surface area contributed by atoms with Gasteiger partial charge < -0.3 is 19.3 Å². The van der Waals surface area contributed by atoms with Gasteiger partial charge in [0.1, 0.15) is 18.0 Å². The number of rotatable bonds is 7. The number of hydrogen-bond acceptors (Lipinski definition) is 8. The van der Waals surface area contributed by atoms with Gasteiger partial charge in [0.05, 0.1) is 12.4 Å². The SMILES string of the molecule is CC[C@H]1O[C@@H](n2cnc3c(=O)[nH]c(NC(=O)COc4ccccc4)nc32)[C@@H](OC)C1O. The summed E-state index contributed by atoms with van der Waals surface area (Å²) < 4.78 is 18.3. The number of para-hydroxylation sites is 1. The fourth-order valence-corrected chi connectivity index (χ4v) is 3.54. The Bertz CT molecular complexity index is 1110. The number of nitrogens with one attached hydrogen (secondary N) is 2. The number of methoxy groups -OCH3 is 1. The maximum absolute atomic E-state index is 12.4. The predicted octanol–water partition coefficient (Wildman–Crippen LogP) is 0.820. The van der Waals surface area contributed by atoms with Crippen molar-refractivity contribution in [2.24, 2.45) is 0 Å². The number of benzene rings is 1. The zero-order valence-electron chi connectivity index (χ0n) is 17.0. The number of ether oxygens (including phenoxy) is 3. The van der Waals surface area contributed by atoms with E-state index in [1.54, 1.807) is 24.3 Å². The summed E-state index contributed by atoms with van der Waals surface area (Å²) in [5.41, 5.74) is -0.256. The van der Waals surface area contributed by atoms with Crippen molar-refractivity contribution in [3.63, 3.8) is 0 Å². The third-order valence-electron chi connectivity index (χ3n) is 5.06.